The lowest BCUT2D eigenvalue weighted by atomic mass is 10.2. The van der Waals surface area contributed by atoms with Gasteiger partial charge in [-0.15, -0.1) is 11.3 Å². The van der Waals surface area contributed by atoms with Crippen LogP contribution in [0.1, 0.15) is 25.5 Å². The van der Waals surface area contributed by atoms with Gasteiger partial charge in [0.25, 0.3) is 5.91 Å². The van der Waals surface area contributed by atoms with Crippen molar-refractivity contribution in [3.05, 3.63) is 45.4 Å². The van der Waals surface area contributed by atoms with Crippen molar-refractivity contribution >= 4 is 39.2 Å². The average Bonchev–Trinajstić information content (AvgIpc) is 3.01. The predicted octanol–water partition coefficient (Wildman–Crippen LogP) is 4.40. The molecule has 0 fully saturated rings. The zero-order chi connectivity index (χ0) is 16.7. The fraction of sp³-hybridized carbons (Fsp3) is 0.235. The maximum Gasteiger partial charge on any atom is 0.262 e. The molecular formula is C17H16BrN3OS. The number of hydrogen-bond acceptors (Lipinski definition) is 4. The molecule has 23 heavy (non-hydrogen) atoms. The lowest BCUT2D eigenvalue weighted by Crippen LogP contribution is -2.25. The summed E-state index contributed by atoms with van der Waals surface area (Å²) >= 11 is 4.92. The molecule has 0 aliphatic heterocycles. The highest BCUT2D eigenvalue weighted by Crippen LogP contribution is 2.26. The molecule has 0 radical (unpaired) electrons. The monoisotopic (exact) mass is 389 g/mol. The van der Waals surface area contributed by atoms with E-state index < -0.39 is 0 Å². The molecule has 0 saturated heterocycles. The number of carbonyl (C=O) groups is 1. The quantitative estimate of drug-likeness (QED) is 0.452. The highest BCUT2D eigenvalue weighted by molar-refractivity contribution is 9.10. The van der Waals surface area contributed by atoms with Crippen molar-refractivity contribution < 1.29 is 4.79 Å². The summed E-state index contributed by atoms with van der Waals surface area (Å²) in [6.45, 7) is 2.63. The van der Waals surface area contributed by atoms with Crippen LogP contribution in [0.3, 0.4) is 0 Å². The van der Waals surface area contributed by atoms with E-state index in [1.165, 1.54) is 17.4 Å². The Morgan fingerprint density at radius 3 is 3.04 bits per heavy atom. The minimum absolute atomic E-state index is 0.0761. The molecule has 2 aromatic rings. The molecule has 118 valence electrons. The Balaban J connectivity index is 2.15. The second-order valence-electron chi connectivity index (χ2n) is 4.87. The van der Waals surface area contributed by atoms with E-state index >= 15 is 0 Å². The number of thiazole rings is 1. The first-order valence-electron chi connectivity index (χ1n) is 7.25. The number of aromatic nitrogens is 1. The number of nitrogens with one attached hydrogen (secondary N) is 1. The summed E-state index contributed by atoms with van der Waals surface area (Å²) in [5.74, 6) is -0.349. The third-order valence-corrected chi connectivity index (χ3v) is 4.47. The highest BCUT2D eigenvalue weighted by atomic mass is 79.9. The summed E-state index contributed by atoms with van der Waals surface area (Å²) in [7, 11) is 0. The maximum absolute atomic E-state index is 11.9. The number of nitrogens with zero attached hydrogens (tertiary/aromatic N) is 2. The van der Waals surface area contributed by atoms with Gasteiger partial charge in [-0.05, 0) is 24.6 Å². The van der Waals surface area contributed by atoms with Crippen LogP contribution in [0.5, 0.6) is 0 Å². The zero-order valence-corrected chi connectivity index (χ0v) is 15.1. The third-order valence-electron chi connectivity index (χ3n) is 3.07. The van der Waals surface area contributed by atoms with E-state index in [-0.39, 0.29) is 11.5 Å². The van der Waals surface area contributed by atoms with Crippen molar-refractivity contribution in [2.24, 2.45) is 0 Å². The van der Waals surface area contributed by atoms with Crippen LogP contribution in [0.2, 0.25) is 0 Å². The van der Waals surface area contributed by atoms with Crippen molar-refractivity contribution in [3.8, 4) is 16.6 Å². The number of halogens is 1. The van der Waals surface area contributed by atoms with Crippen LogP contribution in [-0.4, -0.2) is 17.4 Å². The van der Waals surface area contributed by atoms with E-state index in [0.717, 1.165) is 27.9 Å². The Bertz CT molecular complexity index is 761. The van der Waals surface area contributed by atoms with Crippen LogP contribution >= 0.6 is 27.3 Å². The van der Waals surface area contributed by atoms with Crippen LogP contribution in [0.15, 0.2) is 39.7 Å². The molecule has 0 atom stereocenters. The Morgan fingerprint density at radius 2 is 2.35 bits per heavy atom. The molecule has 0 unspecified atom stereocenters. The average molecular weight is 390 g/mol. The van der Waals surface area contributed by atoms with E-state index in [1.807, 2.05) is 42.6 Å². The molecule has 2 rings (SSSR count). The molecular weight excluding hydrogens is 374 g/mol. The molecule has 1 heterocycles. The molecule has 0 aliphatic carbocycles. The minimum atomic E-state index is -0.349. The van der Waals surface area contributed by atoms with Crippen LogP contribution in [0.4, 0.5) is 0 Å². The molecule has 0 saturated carbocycles. The largest absolute Gasteiger partial charge is 0.351 e. The van der Waals surface area contributed by atoms with Crippen molar-refractivity contribution in [3.63, 3.8) is 0 Å². The number of carbonyl (C=O) groups excluding carboxylic acids is 1. The smallest absolute Gasteiger partial charge is 0.262 e. The van der Waals surface area contributed by atoms with Gasteiger partial charge in [-0.25, -0.2) is 4.98 Å². The first-order valence-corrected chi connectivity index (χ1v) is 8.92. The number of hydrogen-bond donors (Lipinski definition) is 1. The van der Waals surface area contributed by atoms with E-state index in [9.17, 15) is 4.79 Å². The van der Waals surface area contributed by atoms with Gasteiger partial charge in [0.15, 0.2) is 0 Å². The lowest BCUT2D eigenvalue weighted by Gasteiger charge is -2.01. The summed E-state index contributed by atoms with van der Waals surface area (Å²) in [5.41, 5.74) is 1.69. The standard InChI is InChI=1S/C17H16BrN3OS/c1-2-3-7-20-16(22)13(10-19)9-15-11-23-17(21-15)12-5-4-6-14(18)8-12/h4-6,8-9,11H,2-3,7H2,1H3,(H,20,22)/b13-9+. The Labute approximate surface area is 148 Å². The molecule has 0 aliphatic rings. The van der Waals surface area contributed by atoms with Crippen molar-refractivity contribution in [2.45, 2.75) is 19.8 Å². The normalized spacial score (nSPS) is 11.1. The lowest BCUT2D eigenvalue weighted by molar-refractivity contribution is -0.117. The number of amides is 1. The van der Waals surface area contributed by atoms with Gasteiger partial charge in [0.2, 0.25) is 0 Å². The number of unbranched alkanes of at least 4 members (excludes halogenated alkanes) is 1. The third kappa shape index (κ3) is 5.02. The molecule has 1 aromatic carbocycles. The Kier molecular flexibility index (Phi) is 6.51. The van der Waals surface area contributed by atoms with Crippen LogP contribution in [0.25, 0.3) is 16.6 Å². The molecule has 0 spiro atoms. The van der Waals surface area contributed by atoms with E-state index in [1.54, 1.807) is 0 Å². The summed E-state index contributed by atoms with van der Waals surface area (Å²) in [6.07, 6.45) is 3.42. The van der Waals surface area contributed by atoms with Gasteiger partial charge in [0.1, 0.15) is 16.6 Å². The van der Waals surface area contributed by atoms with Gasteiger partial charge >= 0.3 is 0 Å². The summed E-state index contributed by atoms with van der Waals surface area (Å²) in [6, 6.07) is 9.79. The van der Waals surface area contributed by atoms with Crippen molar-refractivity contribution in [2.75, 3.05) is 6.54 Å². The summed E-state index contributed by atoms with van der Waals surface area (Å²) < 4.78 is 0.982. The van der Waals surface area contributed by atoms with Crippen molar-refractivity contribution in [1.29, 1.82) is 5.26 Å². The van der Waals surface area contributed by atoms with Crippen LogP contribution in [0, 0.1) is 11.3 Å². The van der Waals surface area contributed by atoms with Crippen LogP contribution in [-0.2, 0) is 4.79 Å². The molecule has 6 heteroatoms. The Morgan fingerprint density at radius 1 is 1.52 bits per heavy atom. The van der Waals surface area contributed by atoms with Gasteiger partial charge in [-0.3, -0.25) is 4.79 Å². The van der Waals surface area contributed by atoms with Crippen LogP contribution < -0.4 is 5.32 Å². The fourth-order valence-electron chi connectivity index (χ4n) is 1.88. The zero-order valence-electron chi connectivity index (χ0n) is 12.7. The predicted molar refractivity (Wildman–Crippen MR) is 96.8 cm³/mol. The summed E-state index contributed by atoms with van der Waals surface area (Å²) in [5, 5.41) is 14.6. The second kappa shape index (κ2) is 8.61. The number of rotatable bonds is 6. The molecule has 1 amide bonds. The molecule has 0 bridgehead atoms. The van der Waals surface area contributed by atoms with Gasteiger partial charge in [0, 0.05) is 22.0 Å². The first-order chi connectivity index (χ1) is 11.1. The Hall–Kier alpha value is -1.97. The van der Waals surface area contributed by atoms with Gasteiger partial charge in [0.05, 0.1) is 5.69 Å². The SMILES string of the molecule is CCCCNC(=O)/C(C#N)=C/c1csc(-c2cccc(Br)c2)n1. The topological polar surface area (TPSA) is 65.8 Å². The molecule has 1 N–H and O–H groups in total. The second-order valence-corrected chi connectivity index (χ2v) is 6.64. The van der Waals surface area contributed by atoms with Gasteiger partial charge in [-0.1, -0.05) is 41.4 Å². The van der Waals surface area contributed by atoms with Gasteiger partial charge < -0.3 is 5.32 Å². The first kappa shape index (κ1) is 17.4. The van der Waals surface area contributed by atoms with E-state index in [0.29, 0.717) is 12.2 Å². The highest BCUT2D eigenvalue weighted by Gasteiger charge is 2.10. The molecule has 4 nitrogen and oxygen atoms in total. The molecule has 1 aromatic heterocycles. The van der Waals surface area contributed by atoms with E-state index in [4.69, 9.17) is 5.26 Å². The maximum atomic E-state index is 11.9. The van der Waals surface area contributed by atoms with E-state index in [2.05, 4.69) is 26.2 Å². The number of benzene rings is 1. The minimum Gasteiger partial charge on any atom is -0.351 e. The summed E-state index contributed by atoms with van der Waals surface area (Å²) in [4.78, 5) is 16.4. The fourth-order valence-corrected chi connectivity index (χ4v) is 3.05. The number of nitriles is 1. The van der Waals surface area contributed by atoms with Crippen molar-refractivity contribution in [1.82, 2.24) is 10.3 Å². The van der Waals surface area contributed by atoms with Gasteiger partial charge in [-0.2, -0.15) is 5.26 Å².